The van der Waals surface area contributed by atoms with Gasteiger partial charge in [-0.25, -0.2) is 0 Å². The number of nitrogens with one attached hydrogen (secondary N) is 1. The van der Waals surface area contributed by atoms with E-state index < -0.39 is 5.97 Å². The Morgan fingerprint density at radius 2 is 2.09 bits per heavy atom. The number of carbonyl (C=O) groups is 2. The molecule has 1 fully saturated rings. The fourth-order valence-corrected chi connectivity index (χ4v) is 3.75. The zero-order chi connectivity index (χ0) is 17.0. The molecule has 1 amide bonds. The van der Waals surface area contributed by atoms with Crippen LogP contribution in [0.1, 0.15) is 35.0 Å². The molecule has 0 spiro atoms. The minimum absolute atomic E-state index is 0.0124. The largest absolute Gasteiger partial charge is 0.480 e. The molecule has 23 heavy (non-hydrogen) atoms. The summed E-state index contributed by atoms with van der Waals surface area (Å²) in [6.07, 6.45) is 1.64. The Labute approximate surface area is 141 Å². The highest BCUT2D eigenvalue weighted by molar-refractivity contribution is 7.12. The van der Waals surface area contributed by atoms with Crippen LogP contribution < -0.4 is 5.32 Å². The molecule has 7 heteroatoms. The summed E-state index contributed by atoms with van der Waals surface area (Å²) in [5.41, 5.74) is 1.05. The van der Waals surface area contributed by atoms with Crippen molar-refractivity contribution in [1.29, 1.82) is 0 Å². The van der Waals surface area contributed by atoms with Crippen LogP contribution in [0, 0.1) is 0 Å². The molecule has 0 saturated heterocycles. The molecule has 1 aromatic rings. The zero-order valence-electron chi connectivity index (χ0n) is 13.9. The number of thiophene rings is 1. The minimum Gasteiger partial charge on any atom is -0.480 e. The molecule has 2 N–H and O–H groups in total. The summed E-state index contributed by atoms with van der Waals surface area (Å²) in [5, 5.41) is 13.9. The number of likely N-dealkylation sites (N-methyl/N-ethyl adjacent to an activating group) is 1. The fraction of sp³-hybridized carbons (Fsp3) is 0.625. The van der Waals surface area contributed by atoms with Gasteiger partial charge in [-0.05, 0) is 50.5 Å². The van der Waals surface area contributed by atoms with Crippen molar-refractivity contribution in [2.75, 3.05) is 27.2 Å². The van der Waals surface area contributed by atoms with Gasteiger partial charge in [0.2, 0.25) is 0 Å². The Morgan fingerprint density at radius 3 is 2.65 bits per heavy atom. The van der Waals surface area contributed by atoms with Crippen molar-refractivity contribution in [3.8, 4) is 0 Å². The Balaban J connectivity index is 1.84. The maximum atomic E-state index is 12.4. The predicted molar refractivity (Wildman–Crippen MR) is 90.9 cm³/mol. The lowest BCUT2D eigenvalue weighted by atomic mass is 9.85. The molecule has 1 aromatic heterocycles. The number of carboxylic acids is 1. The molecule has 128 valence electrons. The van der Waals surface area contributed by atoms with Gasteiger partial charge >= 0.3 is 5.97 Å². The number of carbonyl (C=O) groups excluding carboxylic acids is 1. The first-order valence-corrected chi connectivity index (χ1v) is 8.76. The van der Waals surface area contributed by atoms with E-state index in [9.17, 15) is 9.59 Å². The molecule has 0 aromatic carbocycles. The topological polar surface area (TPSA) is 72.9 Å². The van der Waals surface area contributed by atoms with Gasteiger partial charge in [0.15, 0.2) is 0 Å². The smallest absolute Gasteiger partial charge is 0.317 e. The van der Waals surface area contributed by atoms with Gasteiger partial charge in [-0.2, -0.15) is 0 Å². The first-order chi connectivity index (χ1) is 10.9. The van der Waals surface area contributed by atoms with Crippen molar-refractivity contribution in [3.05, 3.63) is 21.9 Å². The van der Waals surface area contributed by atoms with E-state index in [2.05, 4.69) is 5.32 Å². The molecular formula is C16H25N3O3S. The highest BCUT2D eigenvalue weighted by Crippen LogP contribution is 2.27. The normalized spacial score (nSPS) is 20.6. The second-order valence-electron chi connectivity index (χ2n) is 6.27. The summed E-state index contributed by atoms with van der Waals surface area (Å²) in [6, 6.07) is 2.39. The van der Waals surface area contributed by atoms with Crippen LogP contribution in [-0.4, -0.2) is 66.1 Å². The van der Waals surface area contributed by atoms with Crippen molar-refractivity contribution in [3.63, 3.8) is 0 Å². The van der Waals surface area contributed by atoms with Crippen LogP contribution in [0.2, 0.25) is 0 Å². The Morgan fingerprint density at radius 1 is 1.39 bits per heavy atom. The van der Waals surface area contributed by atoms with Crippen LogP contribution in [0.25, 0.3) is 0 Å². The number of rotatable bonds is 8. The molecule has 2 rings (SSSR count). The van der Waals surface area contributed by atoms with Crippen molar-refractivity contribution < 1.29 is 14.7 Å². The summed E-state index contributed by atoms with van der Waals surface area (Å²) in [4.78, 5) is 28.0. The van der Waals surface area contributed by atoms with Crippen LogP contribution in [0.4, 0.5) is 0 Å². The highest BCUT2D eigenvalue weighted by atomic mass is 32.1. The third-order valence-electron chi connectivity index (χ3n) is 4.15. The van der Waals surface area contributed by atoms with E-state index in [0.717, 1.165) is 36.4 Å². The third-order valence-corrected chi connectivity index (χ3v) is 5.10. The Kier molecular flexibility index (Phi) is 6.15. The molecule has 6 nitrogen and oxygen atoms in total. The maximum absolute atomic E-state index is 12.4. The SMILES string of the molecule is CCN(CC(=O)O)C1CC(NC(=O)c2sccc2CN(C)C)C1. The lowest BCUT2D eigenvalue weighted by molar-refractivity contribution is -0.139. The average molecular weight is 339 g/mol. The fourth-order valence-electron chi connectivity index (χ4n) is 2.93. The lowest BCUT2D eigenvalue weighted by Crippen LogP contribution is -2.54. The first-order valence-electron chi connectivity index (χ1n) is 7.88. The molecular weight excluding hydrogens is 314 g/mol. The van der Waals surface area contributed by atoms with E-state index in [-0.39, 0.29) is 24.5 Å². The molecule has 0 bridgehead atoms. The number of hydrogen-bond donors (Lipinski definition) is 2. The molecule has 0 aliphatic heterocycles. The van der Waals surface area contributed by atoms with Crippen molar-refractivity contribution in [2.45, 2.75) is 38.4 Å². The van der Waals surface area contributed by atoms with Crippen LogP contribution in [0.15, 0.2) is 11.4 Å². The second-order valence-corrected chi connectivity index (χ2v) is 7.18. The van der Waals surface area contributed by atoms with E-state index in [1.54, 1.807) is 0 Å². The van der Waals surface area contributed by atoms with E-state index in [0.29, 0.717) is 0 Å². The monoisotopic (exact) mass is 339 g/mol. The van der Waals surface area contributed by atoms with Crippen molar-refractivity contribution in [1.82, 2.24) is 15.1 Å². The second kappa shape index (κ2) is 7.90. The number of carboxylic acid groups (broad SMARTS) is 1. The number of aliphatic carboxylic acids is 1. The molecule has 1 saturated carbocycles. The number of nitrogens with zero attached hydrogens (tertiary/aromatic N) is 2. The van der Waals surface area contributed by atoms with Gasteiger partial charge in [-0.3, -0.25) is 14.5 Å². The van der Waals surface area contributed by atoms with Crippen LogP contribution in [0.5, 0.6) is 0 Å². The average Bonchev–Trinajstić information content (AvgIpc) is 2.87. The number of amides is 1. The van der Waals surface area contributed by atoms with Crippen LogP contribution in [0.3, 0.4) is 0 Å². The van der Waals surface area contributed by atoms with Gasteiger partial charge in [0.05, 0.1) is 11.4 Å². The molecule has 1 heterocycles. The van der Waals surface area contributed by atoms with Gasteiger partial charge in [0.25, 0.3) is 5.91 Å². The van der Waals surface area contributed by atoms with Crippen molar-refractivity contribution >= 4 is 23.2 Å². The van der Waals surface area contributed by atoms with E-state index in [1.165, 1.54) is 11.3 Å². The summed E-state index contributed by atoms with van der Waals surface area (Å²) in [7, 11) is 3.97. The lowest BCUT2D eigenvalue weighted by Gasteiger charge is -2.42. The Bertz CT molecular complexity index is 553. The van der Waals surface area contributed by atoms with E-state index in [1.807, 2.05) is 42.3 Å². The summed E-state index contributed by atoms with van der Waals surface area (Å²) in [5.74, 6) is -0.812. The van der Waals surface area contributed by atoms with E-state index in [4.69, 9.17) is 5.11 Å². The zero-order valence-corrected chi connectivity index (χ0v) is 14.7. The summed E-state index contributed by atoms with van der Waals surface area (Å²) in [6.45, 7) is 3.51. The molecule has 0 atom stereocenters. The predicted octanol–water partition coefficient (Wildman–Crippen LogP) is 1.48. The first kappa shape index (κ1) is 17.9. The van der Waals surface area contributed by atoms with Gasteiger partial charge in [-0.15, -0.1) is 11.3 Å². The maximum Gasteiger partial charge on any atom is 0.317 e. The molecule has 1 aliphatic rings. The van der Waals surface area contributed by atoms with E-state index >= 15 is 0 Å². The summed E-state index contributed by atoms with van der Waals surface area (Å²) >= 11 is 1.47. The standard InChI is InChI=1S/C16H25N3O3S/c1-4-19(10-14(20)21)13-7-12(8-13)17-16(22)15-11(5-6-23-15)9-18(2)3/h5-6,12-13H,4,7-10H2,1-3H3,(H,17,22)(H,20,21). The summed E-state index contributed by atoms with van der Waals surface area (Å²) < 4.78 is 0. The van der Waals surface area contributed by atoms with Gasteiger partial charge < -0.3 is 15.3 Å². The van der Waals surface area contributed by atoms with Crippen LogP contribution in [-0.2, 0) is 11.3 Å². The Hall–Kier alpha value is -1.44. The van der Waals surface area contributed by atoms with Crippen molar-refractivity contribution in [2.24, 2.45) is 0 Å². The molecule has 1 aliphatic carbocycles. The molecule has 0 radical (unpaired) electrons. The van der Waals surface area contributed by atoms with Gasteiger partial charge in [-0.1, -0.05) is 6.92 Å². The quantitative estimate of drug-likeness (QED) is 0.750. The van der Waals surface area contributed by atoms with Crippen LogP contribution >= 0.6 is 11.3 Å². The molecule has 0 unspecified atom stereocenters. The minimum atomic E-state index is -0.800. The number of hydrogen-bond acceptors (Lipinski definition) is 5. The highest BCUT2D eigenvalue weighted by Gasteiger charge is 2.35. The third kappa shape index (κ3) is 4.76. The van der Waals surface area contributed by atoms with Gasteiger partial charge in [0, 0.05) is 18.6 Å². The van der Waals surface area contributed by atoms with Gasteiger partial charge in [0.1, 0.15) is 0 Å².